The van der Waals surface area contributed by atoms with E-state index in [2.05, 4.69) is 53.6 Å². The number of rotatable bonds is 7. The van der Waals surface area contributed by atoms with Crippen LogP contribution in [-0.4, -0.2) is 35.4 Å². The predicted molar refractivity (Wildman–Crippen MR) is 106 cm³/mol. The van der Waals surface area contributed by atoms with Gasteiger partial charge in [0, 0.05) is 37.4 Å². The molecule has 0 radical (unpaired) electrons. The minimum atomic E-state index is 0.740. The van der Waals surface area contributed by atoms with E-state index in [4.69, 9.17) is 11.6 Å². The van der Waals surface area contributed by atoms with Crippen LogP contribution >= 0.6 is 11.6 Å². The van der Waals surface area contributed by atoms with Gasteiger partial charge >= 0.3 is 0 Å². The summed E-state index contributed by atoms with van der Waals surface area (Å²) in [7, 11) is 1.98. The van der Waals surface area contributed by atoms with Crippen LogP contribution in [-0.2, 0) is 19.9 Å². The molecule has 1 heterocycles. The maximum absolute atomic E-state index is 5.92. The Morgan fingerprint density at radius 3 is 2.48 bits per heavy atom. The largest absolute Gasteiger partial charge is 0.357 e. The number of halogens is 1. The number of hydrogen-bond acceptors (Lipinski definition) is 2. The van der Waals surface area contributed by atoms with Crippen molar-refractivity contribution in [3.63, 3.8) is 0 Å². The lowest BCUT2D eigenvalue weighted by atomic mass is 10.1. The van der Waals surface area contributed by atoms with Crippen LogP contribution < -0.4 is 10.6 Å². The fraction of sp³-hybridized carbons (Fsp3) is 0.474. The van der Waals surface area contributed by atoms with Crippen molar-refractivity contribution < 1.29 is 0 Å². The number of aliphatic imine (C=N–C) groups is 1. The van der Waals surface area contributed by atoms with Gasteiger partial charge in [0.25, 0.3) is 0 Å². The van der Waals surface area contributed by atoms with Crippen LogP contribution in [0.4, 0.5) is 0 Å². The van der Waals surface area contributed by atoms with Crippen molar-refractivity contribution >= 4 is 17.6 Å². The van der Waals surface area contributed by atoms with E-state index >= 15 is 0 Å². The topological polar surface area (TPSA) is 54.2 Å². The third-order valence-electron chi connectivity index (χ3n) is 4.25. The zero-order valence-corrected chi connectivity index (χ0v) is 16.3. The molecule has 0 amide bonds. The molecule has 2 aromatic rings. The molecule has 0 fully saturated rings. The summed E-state index contributed by atoms with van der Waals surface area (Å²) in [5, 5.41) is 11.9. The molecule has 6 heteroatoms. The first kappa shape index (κ1) is 19.3. The van der Waals surface area contributed by atoms with E-state index in [1.165, 1.54) is 16.8 Å². The van der Waals surface area contributed by atoms with Crippen molar-refractivity contribution in [2.45, 2.75) is 33.6 Å². The number of aryl methyl sites for hydroxylation is 2. The van der Waals surface area contributed by atoms with Crippen LogP contribution in [0, 0.1) is 13.8 Å². The first-order valence-corrected chi connectivity index (χ1v) is 9.14. The number of hydrogen-bond donors (Lipinski definition) is 2. The first-order valence-electron chi connectivity index (χ1n) is 8.77. The number of benzene rings is 1. The van der Waals surface area contributed by atoms with Gasteiger partial charge in [-0.3, -0.25) is 9.67 Å². The van der Waals surface area contributed by atoms with E-state index in [0.717, 1.165) is 49.2 Å². The van der Waals surface area contributed by atoms with Gasteiger partial charge in [0.1, 0.15) is 0 Å². The molecule has 2 N–H and O–H groups in total. The Labute approximate surface area is 155 Å². The minimum absolute atomic E-state index is 0.740. The summed E-state index contributed by atoms with van der Waals surface area (Å²) in [6.07, 6.45) is 1.83. The second-order valence-corrected chi connectivity index (χ2v) is 6.52. The zero-order chi connectivity index (χ0) is 18.2. The van der Waals surface area contributed by atoms with Crippen molar-refractivity contribution in [1.82, 2.24) is 20.4 Å². The molecule has 1 aromatic carbocycles. The summed E-state index contributed by atoms with van der Waals surface area (Å²) in [5.41, 5.74) is 4.86. The number of nitrogens with one attached hydrogen (secondary N) is 2. The van der Waals surface area contributed by atoms with Gasteiger partial charge in [0.05, 0.1) is 5.69 Å². The van der Waals surface area contributed by atoms with Crippen molar-refractivity contribution in [2.24, 2.45) is 12.0 Å². The van der Waals surface area contributed by atoms with Gasteiger partial charge in [-0.15, -0.1) is 0 Å². The molecular formula is C19H28ClN5. The maximum atomic E-state index is 5.92. The van der Waals surface area contributed by atoms with E-state index < -0.39 is 0 Å². The van der Waals surface area contributed by atoms with Crippen LogP contribution in [0.25, 0.3) is 0 Å². The molecule has 0 saturated carbocycles. The Morgan fingerprint density at radius 1 is 1.16 bits per heavy atom. The van der Waals surface area contributed by atoms with E-state index in [0.29, 0.717) is 0 Å². The average molecular weight is 362 g/mol. The Bertz CT molecular complexity index is 703. The Kier molecular flexibility index (Phi) is 7.31. The molecule has 25 heavy (non-hydrogen) atoms. The van der Waals surface area contributed by atoms with Crippen LogP contribution in [0.15, 0.2) is 29.3 Å². The van der Waals surface area contributed by atoms with E-state index in [-0.39, 0.29) is 0 Å². The summed E-state index contributed by atoms with van der Waals surface area (Å²) >= 11 is 5.92. The molecule has 0 spiro atoms. The lowest BCUT2D eigenvalue weighted by Gasteiger charge is -2.11. The molecule has 2 rings (SSSR count). The maximum Gasteiger partial charge on any atom is 0.191 e. The van der Waals surface area contributed by atoms with E-state index in [9.17, 15) is 0 Å². The fourth-order valence-electron chi connectivity index (χ4n) is 2.78. The fourth-order valence-corrected chi connectivity index (χ4v) is 2.90. The van der Waals surface area contributed by atoms with Gasteiger partial charge in [0.2, 0.25) is 0 Å². The molecule has 0 saturated heterocycles. The molecule has 0 aliphatic carbocycles. The molecule has 0 aliphatic heterocycles. The molecule has 0 atom stereocenters. The van der Waals surface area contributed by atoms with Crippen LogP contribution in [0.1, 0.15) is 29.4 Å². The van der Waals surface area contributed by atoms with Gasteiger partial charge in [-0.2, -0.15) is 5.10 Å². The molecule has 1 aromatic heterocycles. The first-order chi connectivity index (χ1) is 12.0. The molecule has 136 valence electrons. The normalized spacial score (nSPS) is 11.6. The number of guanidine groups is 1. The summed E-state index contributed by atoms with van der Waals surface area (Å²) in [5.74, 6) is 0.857. The average Bonchev–Trinajstić information content (AvgIpc) is 2.82. The predicted octanol–water partition coefficient (Wildman–Crippen LogP) is 3.03. The number of aromatic nitrogens is 2. The number of nitrogens with zero attached hydrogens (tertiary/aromatic N) is 3. The summed E-state index contributed by atoms with van der Waals surface area (Å²) in [4.78, 5) is 4.68. The second kappa shape index (κ2) is 9.47. The van der Waals surface area contributed by atoms with Gasteiger partial charge in [-0.1, -0.05) is 23.7 Å². The van der Waals surface area contributed by atoms with Crippen LogP contribution in [0.5, 0.6) is 0 Å². The summed E-state index contributed by atoms with van der Waals surface area (Å²) < 4.78 is 1.93. The van der Waals surface area contributed by atoms with Gasteiger partial charge in [-0.25, -0.2) is 0 Å². The highest BCUT2D eigenvalue weighted by atomic mass is 35.5. The highest BCUT2D eigenvalue weighted by Crippen LogP contribution is 2.12. The van der Waals surface area contributed by atoms with E-state index in [1.807, 2.05) is 23.9 Å². The van der Waals surface area contributed by atoms with E-state index in [1.54, 1.807) is 0 Å². The zero-order valence-electron chi connectivity index (χ0n) is 15.6. The monoisotopic (exact) mass is 361 g/mol. The quantitative estimate of drug-likeness (QED) is 0.588. The van der Waals surface area contributed by atoms with Crippen molar-refractivity contribution in [3.8, 4) is 0 Å². The molecular weight excluding hydrogens is 334 g/mol. The van der Waals surface area contributed by atoms with Crippen molar-refractivity contribution in [1.29, 1.82) is 0 Å². The van der Waals surface area contributed by atoms with Crippen molar-refractivity contribution in [2.75, 3.05) is 19.6 Å². The van der Waals surface area contributed by atoms with Crippen LogP contribution in [0.2, 0.25) is 5.02 Å². The standard InChI is InChI=1S/C19H28ClN5/c1-5-21-19(22-12-10-16-6-8-17(20)9-7-16)23-13-11-18-14(2)24-25(4)15(18)3/h6-9H,5,10-13H2,1-4H3,(H2,21,22,23). The van der Waals surface area contributed by atoms with Crippen molar-refractivity contribution in [3.05, 3.63) is 51.8 Å². The van der Waals surface area contributed by atoms with Crippen LogP contribution in [0.3, 0.4) is 0 Å². The van der Waals surface area contributed by atoms with Gasteiger partial charge in [0.15, 0.2) is 5.96 Å². The Morgan fingerprint density at radius 2 is 1.88 bits per heavy atom. The molecule has 0 unspecified atom stereocenters. The van der Waals surface area contributed by atoms with Gasteiger partial charge in [-0.05, 0) is 56.9 Å². The lowest BCUT2D eigenvalue weighted by molar-refractivity contribution is 0.729. The summed E-state index contributed by atoms with van der Waals surface area (Å²) in [6.45, 7) is 8.65. The second-order valence-electron chi connectivity index (χ2n) is 6.09. The molecule has 0 bridgehead atoms. The smallest absolute Gasteiger partial charge is 0.191 e. The third-order valence-corrected chi connectivity index (χ3v) is 4.51. The third kappa shape index (κ3) is 5.78. The van der Waals surface area contributed by atoms with Gasteiger partial charge < -0.3 is 10.6 Å². The Balaban J connectivity index is 1.86. The highest BCUT2D eigenvalue weighted by molar-refractivity contribution is 6.30. The molecule has 5 nitrogen and oxygen atoms in total. The SMILES string of the molecule is CCNC(=NCCc1c(C)nn(C)c1C)NCCc1ccc(Cl)cc1. The lowest BCUT2D eigenvalue weighted by Crippen LogP contribution is -2.38. The Hall–Kier alpha value is -2.01. The molecule has 0 aliphatic rings. The minimum Gasteiger partial charge on any atom is -0.357 e. The highest BCUT2D eigenvalue weighted by Gasteiger charge is 2.08. The summed E-state index contributed by atoms with van der Waals surface area (Å²) in [6, 6.07) is 7.97.